The standard InChI is InChI=1S/C25H26N4O3/c30-24(23-11-10-22(32-23)18-6-2-1-3-7-18)26-14-17-28-15-12-19(13-16-28)29-21-9-5-4-8-20(21)27-25(29)31/h1-11,19H,12-17H2,(H,26,30)(H,27,31). The molecule has 0 saturated carbocycles. The first-order valence-electron chi connectivity index (χ1n) is 11.0. The van der Waals surface area contributed by atoms with Crippen molar-refractivity contribution in [3.8, 4) is 11.3 Å². The van der Waals surface area contributed by atoms with Crippen LogP contribution in [0.15, 0.2) is 75.9 Å². The van der Waals surface area contributed by atoms with Crippen LogP contribution in [0.2, 0.25) is 0 Å². The summed E-state index contributed by atoms with van der Waals surface area (Å²) in [7, 11) is 0. The number of H-pyrrole nitrogens is 1. The number of imidazole rings is 1. The van der Waals surface area contributed by atoms with Gasteiger partial charge in [-0.05, 0) is 37.1 Å². The minimum absolute atomic E-state index is 0.0368. The molecule has 5 rings (SSSR count). The third kappa shape index (κ3) is 4.11. The van der Waals surface area contributed by atoms with Gasteiger partial charge >= 0.3 is 5.69 Å². The van der Waals surface area contributed by atoms with E-state index in [1.807, 2.05) is 65.2 Å². The molecule has 164 valence electrons. The summed E-state index contributed by atoms with van der Waals surface area (Å²) < 4.78 is 7.61. The minimum atomic E-state index is -0.201. The number of likely N-dealkylation sites (tertiary alicyclic amines) is 1. The van der Waals surface area contributed by atoms with Gasteiger partial charge in [-0.2, -0.15) is 0 Å². The van der Waals surface area contributed by atoms with Crippen LogP contribution >= 0.6 is 0 Å². The van der Waals surface area contributed by atoms with Gasteiger partial charge in [-0.1, -0.05) is 42.5 Å². The lowest BCUT2D eigenvalue weighted by Gasteiger charge is -2.32. The highest BCUT2D eigenvalue weighted by Gasteiger charge is 2.23. The number of amides is 1. The van der Waals surface area contributed by atoms with E-state index in [0.717, 1.165) is 49.1 Å². The number of aromatic nitrogens is 2. The Kier molecular flexibility index (Phi) is 5.64. The van der Waals surface area contributed by atoms with Crippen LogP contribution in [0.4, 0.5) is 0 Å². The van der Waals surface area contributed by atoms with E-state index in [1.54, 1.807) is 6.07 Å². The predicted octanol–water partition coefficient (Wildman–Crippen LogP) is 3.66. The zero-order chi connectivity index (χ0) is 21.9. The number of aromatic amines is 1. The number of benzene rings is 2. The molecule has 1 aliphatic rings. The fourth-order valence-corrected chi connectivity index (χ4v) is 4.47. The van der Waals surface area contributed by atoms with Crippen molar-refractivity contribution in [3.05, 3.63) is 83.0 Å². The number of fused-ring (bicyclic) bond motifs is 1. The summed E-state index contributed by atoms with van der Waals surface area (Å²) in [6.07, 6.45) is 1.82. The number of piperidine rings is 1. The molecule has 1 amide bonds. The first kappa shape index (κ1) is 20.3. The number of furan rings is 1. The first-order chi connectivity index (χ1) is 15.7. The second-order valence-corrected chi connectivity index (χ2v) is 8.18. The maximum atomic E-state index is 12.4. The molecular weight excluding hydrogens is 404 g/mol. The lowest BCUT2D eigenvalue weighted by molar-refractivity contribution is 0.0917. The highest BCUT2D eigenvalue weighted by Crippen LogP contribution is 2.25. The quantitative estimate of drug-likeness (QED) is 0.489. The molecule has 0 aliphatic carbocycles. The van der Waals surface area contributed by atoms with E-state index < -0.39 is 0 Å². The summed E-state index contributed by atoms with van der Waals surface area (Å²) in [6, 6.07) is 21.3. The Morgan fingerprint density at radius 2 is 1.75 bits per heavy atom. The van der Waals surface area contributed by atoms with Gasteiger partial charge in [-0.25, -0.2) is 4.79 Å². The zero-order valence-corrected chi connectivity index (χ0v) is 17.8. The molecule has 2 aromatic carbocycles. The first-order valence-corrected chi connectivity index (χ1v) is 11.0. The Morgan fingerprint density at radius 1 is 1.00 bits per heavy atom. The van der Waals surface area contributed by atoms with Crippen LogP contribution in [0.3, 0.4) is 0 Å². The number of hydrogen-bond acceptors (Lipinski definition) is 4. The van der Waals surface area contributed by atoms with Crippen LogP contribution in [-0.2, 0) is 0 Å². The van der Waals surface area contributed by atoms with Crippen LogP contribution in [0.25, 0.3) is 22.4 Å². The summed E-state index contributed by atoms with van der Waals surface area (Å²) in [5, 5.41) is 2.95. The van der Waals surface area contributed by atoms with Crippen molar-refractivity contribution in [2.24, 2.45) is 0 Å². The maximum Gasteiger partial charge on any atom is 0.326 e. The maximum absolute atomic E-state index is 12.4. The van der Waals surface area contributed by atoms with Crippen molar-refractivity contribution in [3.63, 3.8) is 0 Å². The molecule has 0 bridgehead atoms. The minimum Gasteiger partial charge on any atom is -0.451 e. The highest BCUT2D eigenvalue weighted by molar-refractivity contribution is 5.92. The summed E-state index contributed by atoms with van der Waals surface area (Å²) >= 11 is 0. The third-order valence-corrected chi connectivity index (χ3v) is 6.15. The number of carbonyl (C=O) groups excluding carboxylic acids is 1. The molecule has 2 aromatic heterocycles. The van der Waals surface area contributed by atoms with Gasteiger partial charge in [0.2, 0.25) is 0 Å². The van der Waals surface area contributed by atoms with Crippen LogP contribution in [0, 0.1) is 0 Å². The van der Waals surface area contributed by atoms with Gasteiger partial charge in [0.1, 0.15) is 5.76 Å². The molecule has 7 nitrogen and oxygen atoms in total. The Balaban J connectivity index is 1.12. The van der Waals surface area contributed by atoms with E-state index in [4.69, 9.17) is 4.42 Å². The molecule has 2 N–H and O–H groups in total. The van der Waals surface area contributed by atoms with Crippen LogP contribution < -0.4 is 11.0 Å². The van der Waals surface area contributed by atoms with Gasteiger partial charge in [0.15, 0.2) is 5.76 Å². The summed E-state index contributed by atoms with van der Waals surface area (Å²) in [5.41, 5.74) is 2.77. The average Bonchev–Trinajstić information content (AvgIpc) is 3.45. The normalized spacial score (nSPS) is 15.2. The molecule has 0 unspecified atom stereocenters. The molecule has 0 radical (unpaired) electrons. The molecule has 7 heteroatoms. The second-order valence-electron chi connectivity index (χ2n) is 8.18. The number of rotatable bonds is 6. The highest BCUT2D eigenvalue weighted by atomic mass is 16.3. The molecular formula is C25H26N4O3. The Bertz CT molecular complexity index is 1260. The molecule has 1 saturated heterocycles. The Morgan fingerprint density at radius 3 is 2.56 bits per heavy atom. The van der Waals surface area contributed by atoms with Crippen molar-refractivity contribution >= 4 is 16.9 Å². The lowest BCUT2D eigenvalue weighted by Crippen LogP contribution is -2.41. The fraction of sp³-hybridized carbons (Fsp3) is 0.280. The van der Waals surface area contributed by atoms with E-state index >= 15 is 0 Å². The van der Waals surface area contributed by atoms with E-state index in [-0.39, 0.29) is 17.6 Å². The van der Waals surface area contributed by atoms with Crippen LogP contribution in [0.1, 0.15) is 29.4 Å². The molecule has 4 aromatic rings. The van der Waals surface area contributed by atoms with E-state index in [2.05, 4.69) is 15.2 Å². The number of carbonyl (C=O) groups is 1. The van der Waals surface area contributed by atoms with Gasteiger partial charge in [-0.15, -0.1) is 0 Å². The molecule has 1 aliphatic heterocycles. The van der Waals surface area contributed by atoms with Crippen molar-refractivity contribution in [2.45, 2.75) is 18.9 Å². The molecule has 0 spiro atoms. The molecule has 3 heterocycles. The largest absolute Gasteiger partial charge is 0.451 e. The number of nitrogens with zero attached hydrogens (tertiary/aromatic N) is 2. The van der Waals surface area contributed by atoms with E-state index in [1.165, 1.54) is 0 Å². The van der Waals surface area contributed by atoms with Crippen LogP contribution in [0.5, 0.6) is 0 Å². The summed E-state index contributed by atoms with van der Waals surface area (Å²) in [4.78, 5) is 30.1. The number of para-hydroxylation sites is 2. The molecule has 32 heavy (non-hydrogen) atoms. The number of hydrogen-bond donors (Lipinski definition) is 2. The van der Waals surface area contributed by atoms with Gasteiger partial charge in [0, 0.05) is 37.8 Å². The van der Waals surface area contributed by atoms with Crippen molar-refractivity contribution in [1.82, 2.24) is 19.8 Å². The topological polar surface area (TPSA) is 83.3 Å². The van der Waals surface area contributed by atoms with Crippen molar-refractivity contribution < 1.29 is 9.21 Å². The van der Waals surface area contributed by atoms with Gasteiger partial charge in [0.05, 0.1) is 11.0 Å². The predicted molar refractivity (Wildman–Crippen MR) is 124 cm³/mol. The number of nitrogens with one attached hydrogen (secondary N) is 2. The Labute approximate surface area is 185 Å². The average molecular weight is 431 g/mol. The zero-order valence-electron chi connectivity index (χ0n) is 17.8. The third-order valence-electron chi connectivity index (χ3n) is 6.15. The van der Waals surface area contributed by atoms with Gasteiger partial charge in [-0.3, -0.25) is 9.36 Å². The van der Waals surface area contributed by atoms with Crippen LogP contribution in [-0.4, -0.2) is 46.5 Å². The van der Waals surface area contributed by atoms with Gasteiger partial charge in [0.25, 0.3) is 5.91 Å². The lowest BCUT2D eigenvalue weighted by atomic mass is 10.0. The molecule has 0 atom stereocenters. The SMILES string of the molecule is O=C(NCCN1CCC(n2c(=O)[nH]c3ccccc32)CC1)c1ccc(-c2ccccc2)o1. The van der Waals surface area contributed by atoms with Crippen molar-refractivity contribution in [2.75, 3.05) is 26.2 Å². The van der Waals surface area contributed by atoms with E-state index in [0.29, 0.717) is 18.1 Å². The smallest absolute Gasteiger partial charge is 0.326 e. The van der Waals surface area contributed by atoms with Crippen molar-refractivity contribution in [1.29, 1.82) is 0 Å². The monoisotopic (exact) mass is 430 g/mol. The van der Waals surface area contributed by atoms with E-state index in [9.17, 15) is 9.59 Å². The van der Waals surface area contributed by atoms with Gasteiger partial charge < -0.3 is 19.6 Å². The summed E-state index contributed by atoms with van der Waals surface area (Å²) in [5.74, 6) is 0.805. The fourth-order valence-electron chi connectivity index (χ4n) is 4.47. The Hall–Kier alpha value is -3.58. The summed E-state index contributed by atoms with van der Waals surface area (Å²) in [6.45, 7) is 3.11. The second kappa shape index (κ2) is 8.88. The molecule has 1 fully saturated rings.